The number of nitrogens with zero attached hydrogens (tertiary/aromatic N) is 1. The summed E-state index contributed by atoms with van der Waals surface area (Å²) in [7, 11) is 0. The summed E-state index contributed by atoms with van der Waals surface area (Å²) in [6.07, 6.45) is -0.602. The highest BCUT2D eigenvalue weighted by Crippen LogP contribution is 2.34. The maximum absolute atomic E-state index is 12.4. The van der Waals surface area contributed by atoms with Crippen LogP contribution in [0.25, 0.3) is 0 Å². The first-order valence-electron chi connectivity index (χ1n) is 7.48. The number of benzene rings is 2. The van der Waals surface area contributed by atoms with Crippen LogP contribution >= 0.6 is 0 Å². The van der Waals surface area contributed by atoms with Gasteiger partial charge in [-0.05, 0) is 43.7 Å². The highest BCUT2D eigenvalue weighted by molar-refractivity contribution is 6.06. The molecule has 5 heteroatoms. The molecule has 0 fully saturated rings. The molecule has 2 aromatic rings. The number of rotatable bonds is 3. The van der Waals surface area contributed by atoms with Gasteiger partial charge >= 0.3 is 0 Å². The lowest BCUT2D eigenvalue weighted by molar-refractivity contribution is -0.127. The standard InChI is InChI=1S/C18H18N2O3/c1-12-8-9-16-15(10-12)20(18(22)13(2)23-16)11-17(21)19-14-6-4-3-5-7-14/h3-10,13H,11H2,1-2H3,(H,19,21). The zero-order valence-corrected chi connectivity index (χ0v) is 13.1. The first-order chi connectivity index (χ1) is 11.0. The molecule has 5 nitrogen and oxygen atoms in total. The third kappa shape index (κ3) is 3.18. The maximum Gasteiger partial charge on any atom is 0.268 e. The quantitative estimate of drug-likeness (QED) is 0.948. The van der Waals surface area contributed by atoms with Crippen molar-refractivity contribution in [2.45, 2.75) is 20.0 Å². The number of aryl methyl sites for hydroxylation is 1. The van der Waals surface area contributed by atoms with Crippen LogP contribution in [0, 0.1) is 6.92 Å². The average molecular weight is 310 g/mol. The van der Waals surface area contributed by atoms with Crippen LogP contribution in [0.3, 0.4) is 0 Å². The van der Waals surface area contributed by atoms with E-state index >= 15 is 0 Å². The molecule has 0 aliphatic carbocycles. The van der Waals surface area contributed by atoms with E-state index in [4.69, 9.17) is 4.74 Å². The van der Waals surface area contributed by atoms with E-state index in [0.717, 1.165) is 5.56 Å². The van der Waals surface area contributed by atoms with Crippen molar-refractivity contribution in [3.63, 3.8) is 0 Å². The first-order valence-corrected chi connectivity index (χ1v) is 7.48. The predicted octanol–water partition coefficient (Wildman–Crippen LogP) is 2.75. The number of hydrogen-bond donors (Lipinski definition) is 1. The monoisotopic (exact) mass is 310 g/mol. The van der Waals surface area contributed by atoms with Crippen molar-refractivity contribution in [1.82, 2.24) is 0 Å². The summed E-state index contributed by atoms with van der Waals surface area (Å²) in [4.78, 5) is 26.2. The van der Waals surface area contributed by atoms with Gasteiger partial charge in [0.2, 0.25) is 5.91 Å². The van der Waals surface area contributed by atoms with Crippen LogP contribution in [0.4, 0.5) is 11.4 Å². The molecular formula is C18H18N2O3. The number of nitrogens with one attached hydrogen (secondary N) is 1. The van der Waals surface area contributed by atoms with E-state index in [1.165, 1.54) is 4.90 Å². The Labute approximate surface area is 134 Å². The van der Waals surface area contributed by atoms with Crippen molar-refractivity contribution in [3.8, 4) is 5.75 Å². The van der Waals surface area contributed by atoms with Crippen molar-refractivity contribution in [2.24, 2.45) is 0 Å². The molecule has 0 aromatic heterocycles. The largest absolute Gasteiger partial charge is 0.479 e. The normalized spacial score (nSPS) is 16.5. The topological polar surface area (TPSA) is 58.6 Å². The molecule has 1 unspecified atom stereocenters. The van der Waals surface area contributed by atoms with Gasteiger partial charge in [0.1, 0.15) is 12.3 Å². The van der Waals surface area contributed by atoms with Crippen molar-refractivity contribution in [2.75, 3.05) is 16.8 Å². The number of carbonyl (C=O) groups is 2. The number of hydrogen-bond acceptors (Lipinski definition) is 3. The highest BCUT2D eigenvalue weighted by atomic mass is 16.5. The van der Waals surface area contributed by atoms with Crippen LogP contribution in [-0.2, 0) is 9.59 Å². The van der Waals surface area contributed by atoms with Crippen molar-refractivity contribution < 1.29 is 14.3 Å². The SMILES string of the molecule is Cc1ccc2c(c1)N(CC(=O)Nc1ccccc1)C(=O)C(C)O2. The van der Waals surface area contributed by atoms with Gasteiger partial charge in [-0.1, -0.05) is 24.3 Å². The summed E-state index contributed by atoms with van der Waals surface area (Å²) in [6, 6.07) is 14.8. The van der Waals surface area contributed by atoms with Crippen molar-refractivity contribution in [3.05, 3.63) is 54.1 Å². The molecule has 0 saturated carbocycles. The summed E-state index contributed by atoms with van der Waals surface area (Å²) < 4.78 is 5.61. The number of para-hydroxylation sites is 1. The number of anilines is 2. The smallest absolute Gasteiger partial charge is 0.268 e. The number of fused-ring (bicyclic) bond motifs is 1. The van der Waals surface area contributed by atoms with Gasteiger partial charge in [-0.25, -0.2) is 0 Å². The Balaban J connectivity index is 1.82. The lowest BCUT2D eigenvalue weighted by Gasteiger charge is -2.32. The second kappa shape index (κ2) is 6.12. The third-order valence-electron chi connectivity index (χ3n) is 3.68. The van der Waals surface area contributed by atoms with E-state index in [2.05, 4.69) is 5.32 Å². The van der Waals surface area contributed by atoms with Crippen molar-refractivity contribution in [1.29, 1.82) is 0 Å². The molecule has 2 aromatic carbocycles. The van der Waals surface area contributed by atoms with Gasteiger partial charge in [0.05, 0.1) is 5.69 Å². The molecule has 0 saturated heterocycles. The fourth-order valence-electron chi connectivity index (χ4n) is 2.55. The van der Waals surface area contributed by atoms with Crippen LogP contribution in [0.2, 0.25) is 0 Å². The Bertz CT molecular complexity index is 743. The van der Waals surface area contributed by atoms with Crippen LogP contribution in [0.5, 0.6) is 5.75 Å². The molecule has 2 amide bonds. The number of ether oxygens (including phenoxy) is 1. The predicted molar refractivity (Wildman–Crippen MR) is 88.7 cm³/mol. The second-order valence-electron chi connectivity index (χ2n) is 5.57. The van der Waals surface area contributed by atoms with Gasteiger partial charge in [0, 0.05) is 5.69 Å². The lowest BCUT2D eigenvalue weighted by Crippen LogP contribution is -2.47. The second-order valence-corrected chi connectivity index (χ2v) is 5.57. The van der Waals surface area contributed by atoms with E-state index < -0.39 is 6.10 Å². The van der Waals surface area contributed by atoms with Gasteiger partial charge in [0.15, 0.2) is 6.10 Å². The van der Waals surface area contributed by atoms with Crippen LogP contribution < -0.4 is 15.0 Å². The molecule has 1 aliphatic rings. The summed E-state index contributed by atoms with van der Waals surface area (Å²) in [5.41, 5.74) is 2.34. The molecular weight excluding hydrogens is 292 g/mol. The molecule has 1 heterocycles. The number of amides is 2. The summed E-state index contributed by atoms with van der Waals surface area (Å²) >= 11 is 0. The van der Waals surface area contributed by atoms with E-state index in [1.807, 2.05) is 43.3 Å². The Morgan fingerprint density at radius 1 is 1.22 bits per heavy atom. The molecule has 1 atom stereocenters. The van der Waals surface area contributed by atoms with E-state index in [1.54, 1.807) is 19.1 Å². The fourth-order valence-corrected chi connectivity index (χ4v) is 2.55. The molecule has 0 spiro atoms. The molecule has 0 bridgehead atoms. The fraction of sp³-hybridized carbons (Fsp3) is 0.222. The zero-order chi connectivity index (χ0) is 16.4. The van der Waals surface area contributed by atoms with Gasteiger partial charge in [0.25, 0.3) is 5.91 Å². The minimum absolute atomic E-state index is 0.0438. The van der Waals surface area contributed by atoms with Gasteiger partial charge < -0.3 is 10.1 Å². The van der Waals surface area contributed by atoms with Gasteiger partial charge in [-0.2, -0.15) is 0 Å². The summed E-state index contributed by atoms with van der Waals surface area (Å²) in [6.45, 7) is 3.58. The summed E-state index contributed by atoms with van der Waals surface area (Å²) in [5.74, 6) is 0.160. The minimum Gasteiger partial charge on any atom is -0.479 e. The maximum atomic E-state index is 12.4. The zero-order valence-electron chi connectivity index (χ0n) is 13.1. The minimum atomic E-state index is -0.602. The van der Waals surface area contributed by atoms with E-state index in [-0.39, 0.29) is 18.4 Å². The molecule has 3 rings (SSSR count). The Morgan fingerprint density at radius 3 is 2.70 bits per heavy atom. The van der Waals surface area contributed by atoms with E-state index in [9.17, 15) is 9.59 Å². The third-order valence-corrected chi connectivity index (χ3v) is 3.68. The van der Waals surface area contributed by atoms with Crippen LogP contribution in [0.15, 0.2) is 48.5 Å². The van der Waals surface area contributed by atoms with E-state index in [0.29, 0.717) is 17.1 Å². The van der Waals surface area contributed by atoms with Crippen molar-refractivity contribution >= 4 is 23.2 Å². The molecule has 118 valence electrons. The first kappa shape index (κ1) is 15.1. The lowest BCUT2D eigenvalue weighted by atomic mass is 10.1. The Hall–Kier alpha value is -2.82. The summed E-state index contributed by atoms with van der Waals surface area (Å²) in [5, 5.41) is 2.80. The highest BCUT2D eigenvalue weighted by Gasteiger charge is 2.32. The molecule has 23 heavy (non-hydrogen) atoms. The van der Waals surface area contributed by atoms with Gasteiger partial charge in [-0.3, -0.25) is 14.5 Å². The average Bonchev–Trinajstić information content (AvgIpc) is 2.53. The Morgan fingerprint density at radius 2 is 1.96 bits per heavy atom. The van der Waals surface area contributed by atoms with Gasteiger partial charge in [-0.15, -0.1) is 0 Å². The van der Waals surface area contributed by atoms with Crippen LogP contribution in [-0.4, -0.2) is 24.5 Å². The molecule has 0 radical (unpaired) electrons. The number of carbonyl (C=O) groups excluding carboxylic acids is 2. The molecule has 1 N–H and O–H groups in total. The Kier molecular flexibility index (Phi) is 4.02. The van der Waals surface area contributed by atoms with Crippen LogP contribution in [0.1, 0.15) is 12.5 Å². The molecule has 1 aliphatic heterocycles.